The molecule has 1 saturated heterocycles. The Labute approximate surface area is 172 Å². The number of halogens is 1. The van der Waals surface area contributed by atoms with Crippen molar-refractivity contribution in [2.24, 2.45) is 0 Å². The van der Waals surface area contributed by atoms with Gasteiger partial charge in [0.05, 0.1) is 26.7 Å². The second-order valence-corrected chi connectivity index (χ2v) is 8.94. The van der Waals surface area contributed by atoms with Gasteiger partial charge in [0.15, 0.2) is 0 Å². The monoisotopic (exact) mass is 438 g/mol. The number of carbonyl (C=O) groups excluding carboxylic acids is 1. The zero-order valence-electron chi connectivity index (χ0n) is 15.3. The van der Waals surface area contributed by atoms with Crippen LogP contribution >= 0.6 is 11.6 Å². The SMILES string of the molecule is O=C(O)c1ccc(O)c(NC(=O)c2cc(S(=O)(=O)N3CCCCC3)ccc2Cl)c1. The molecule has 29 heavy (non-hydrogen) atoms. The minimum Gasteiger partial charge on any atom is -0.506 e. The number of phenolic OH excluding ortho intramolecular Hbond substituents is 1. The largest absolute Gasteiger partial charge is 0.506 e. The molecule has 0 atom stereocenters. The zero-order valence-corrected chi connectivity index (χ0v) is 16.8. The van der Waals surface area contributed by atoms with Gasteiger partial charge in [-0.25, -0.2) is 13.2 Å². The Bertz CT molecular complexity index is 1060. The fourth-order valence-corrected chi connectivity index (χ4v) is 4.80. The molecule has 1 aliphatic heterocycles. The summed E-state index contributed by atoms with van der Waals surface area (Å²) < 4.78 is 27.1. The van der Waals surface area contributed by atoms with Gasteiger partial charge in [-0.3, -0.25) is 4.79 Å². The van der Waals surface area contributed by atoms with Crippen molar-refractivity contribution in [3.63, 3.8) is 0 Å². The van der Waals surface area contributed by atoms with Crippen molar-refractivity contribution in [1.82, 2.24) is 4.31 Å². The zero-order chi connectivity index (χ0) is 21.2. The summed E-state index contributed by atoms with van der Waals surface area (Å²) in [7, 11) is -3.77. The van der Waals surface area contributed by atoms with Gasteiger partial charge in [-0.05, 0) is 49.2 Å². The van der Waals surface area contributed by atoms with E-state index in [-0.39, 0.29) is 32.5 Å². The first kappa shape index (κ1) is 21.1. The molecular formula is C19H19ClN2O6S. The molecule has 3 rings (SSSR count). The van der Waals surface area contributed by atoms with Crippen LogP contribution in [-0.2, 0) is 10.0 Å². The molecule has 0 aliphatic carbocycles. The number of aromatic carboxylic acids is 1. The fraction of sp³-hybridized carbons (Fsp3) is 0.263. The van der Waals surface area contributed by atoms with Crippen molar-refractivity contribution >= 4 is 39.2 Å². The van der Waals surface area contributed by atoms with E-state index in [9.17, 15) is 23.1 Å². The van der Waals surface area contributed by atoms with Crippen LogP contribution in [0.4, 0.5) is 5.69 Å². The minimum absolute atomic E-state index is 0.0222. The van der Waals surface area contributed by atoms with Crippen LogP contribution in [-0.4, -0.2) is 47.9 Å². The maximum Gasteiger partial charge on any atom is 0.335 e. The van der Waals surface area contributed by atoms with E-state index in [1.165, 1.54) is 28.6 Å². The average Bonchev–Trinajstić information content (AvgIpc) is 2.70. The highest BCUT2D eigenvalue weighted by Crippen LogP contribution is 2.28. The van der Waals surface area contributed by atoms with Gasteiger partial charge in [0.2, 0.25) is 10.0 Å². The van der Waals surface area contributed by atoms with Crippen LogP contribution in [0.1, 0.15) is 40.0 Å². The van der Waals surface area contributed by atoms with E-state index < -0.39 is 21.9 Å². The van der Waals surface area contributed by atoms with Gasteiger partial charge in [-0.1, -0.05) is 18.0 Å². The summed E-state index contributed by atoms with van der Waals surface area (Å²) in [6, 6.07) is 7.26. The number of sulfonamides is 1. The highest BCUT2D eigenvalue weighted by atomic mass is 35.5. The molecule has 1 heterocycles. The Morgan fingerprint density at radius 1 is 1.03 bits per heavy atom. The molecule has 0 bridgehead atoms. The van der Waals surface area contributed by atoms with Crippen molar-refractivity contribution in [3.05, 3.63) is 52.5 Å². The lowest BCUT2D eigenvalue weighted by molar-refractivity contribution is 0.0696. The summed E-state index contributed by atoms with van der Waals surface area (Å²) >= 11 is 6.09. The molecule has 2 aromatic carbocycles. The first-order valence-corrected chi connectivity index (χ1v) is 10.7. The number of hydrogen-bond acceptors (Lipinski definition) is 5. The van der Waals surface area contributed by atoms with Crippen LogP contribution in [0, 0.1) is 0 Å². The number of carboxylic acid groups (broad SMARTS) is 1. The normalized spacial score (nSPS) is 15.1. The number of anilines is 1. The molecule has 2 aromatic rings. The second-order valence-electron chi connectivity index (χ2n) is 6.60. The summed E-state index contributed by atoms with van der Waals surface area (Å²) in [5.41, 5.74) is -0.370. The molecule has 1 amide bonds. The summed E-state index contributed by atoms with van der Waals surface area (Å²) in [6.45, 7) is 0.838. The Balaban J connectivity index is 1.91. The third-order valence-corrected chi connectivity index (χ3v) is 6.85. The number of benzene rings is 2. The number of nitrogens with one attached hydrogen (secondary N) is 1. The van der Waals surface area contributed by atoms with E-state index in [1.54, 1.807) is 0 Å². The molecule has 0 saturated carbocycles. The van der Waals surface area contributed by atoms with Crippen LogP contribution in [0.15, 0.2) is 41.3 Å². The average molecular weight is 439 g/mol. The Kier molecular flexibility index (Phi) is 6.11. The Morgan fingerprint density at radius 3 is 2.38 bits per heavy atom. The molecule has 0 spiro atoms. The van der Waals surface area contributed by atoms with E-state index in [0.29, 0.717) is 13.1 Å². The molecule has 8 nitrogen and oxygen atoms in total. The molecule has 3 N–H and O–H groups in total. The molecule has 1 fully saturated rings. The smallest absolute Gasteiger partial charge is 0.335 e. The fourth-order valence-electron chi connectivity index (χ4n) is 3.05. The van der Waals surface area contributed by atoms with Crippen LogP contribution in [0.5, 0.6) is 5.75 Å². The number of carboxylic acids is 1. The summed E-state index contributed by atoms with van der Waals surface area (Å²) in [4.78, 5) is 23.7. The van der Waals surface area contributed by atoms with Crippen LogP contribution in [0.2, 0.25) is 5.02 Å². The number of piperidine rings is 1. The van der Waals surface area contributed by atoms with Crippen LogP contribution in [0.3, 0.4) is 0 Å². The van der Waals surface area contributed by atoms with Gasteiger partial charge in [-0.2, -0.15) is 4.31 Å². The number of phenols is 1. The highest BCUT2D eigenvalue weighted by molar-refractivity contribution is 7.89. The van der Waals surface area contributed by atoms with Gasteiger partial charge in [0, 0.05) is 13.1 Å². The second kappa shape index (κ2) is 8.40. The molecule has 10 heteroatoms. The molecular weight excluding hydrogens is 420 g/mol. The van der Waals surface area contributed by atoms with Gasteiger partial charge in [0.1, 0.15) is 5.75 Å². The molecule has 1 aliphatic rings. The molecule has 0 unspecified atom stereocenters. The van der Waals surface area contributed by atoms with Crippen molar-refractivity contribution < 1.29 is 28.2 Å². The summed E-state index contributed by atoms with van der Waals surface area (Å²) in [5, 5.41) is 21.3. The van der Waals surface area contributed by atoms with Gasteiger partial charge >= 0.3 is 5.97 Å². The molecule has 0 aromatic heterocycles. The summed E-state index contributed by atoms with van der Waals surface area (Å²) in [5.74, 6) is -2.34. The maximum absolute atomic E-state index is 12.9. The lowest BCUT2D eigenvalue weighted by Crippen LogP contribution is -2.35. The first-order chi connectivity index (χ1) is 13.7. The predicted molar refractivity (Wildman–Crippen MR) is 107 cm³/mol. The third-order valence-electron chi connectivity index (χ3n) is 4.63. The maximum atomic E-state index is 12.9. The van der Waals surface area contributed by atoms with Crippen molar-refractivity contribution in [3.8, 4) is 5.75 Å². The van der Waals surface area contributed by atoms with Crippen LogP contribution in [0.25, 0.3) is 0 Å². The third kappa shape index (κ3) is 4.52. The summed E-state index contributed by atoms with van der Waals surface area (Å²) in [6.07, 6.45) is 2.53. The van der Waals surface area contributed by atoms with Gasteiger partial charge in [-0.15, -0.1) is 0 Å². The lowest BCUT2D eigenvalue weighted by Gasteiger charge is -2.26. The lowest BCUT2D eigenvalue weighted by atomic mass is 10.1. The minimum atomic E-state index is -3.77. The molecule has 0 radical (unpaired) electrons. The van der Waals surface area contributed by atoms with Gasteiger partial charge < -0.3 is 15.5 Å². The Morgan fingerprint density at radius 2 is 1.72 bits per heavy atom. The standard InChI is InChI=1S/C19H19ClN2O6S/c20-15-6-5-13(29(27,28)22-8-2-1-3-9-22)11-14(15)18(24)21-16-10-12(19(25)26)4-7-17(16)23/h4-7,10-11,23H,1-3,8-9H2,(H,21,24)(H,25,26). The van der Waals surface area contributed by atoms with E-state index in [0.717, 1.165) is 31.4 Å². The van der Waals surface area contributed by atoms with E-state index in [1.807, 2.05) is 0 Å². The van der Waals surface area contributed by atoms with E-state index in [4.69, 9.17) is 16.7 Å². The first-order valence-electron chi connectivity index (χ1n) is 8.87. The van der Waals surface area contributed by atoms with Crippen molar-refractivity contribution in [1.29, 1.82) is 0 Å². The number of nitrogens with zero attached hydrogens (tertiary/aromatic N) is 1. The predicted octanol–water partition coefficient (Wildman–Crippen LogP) is 3.17. The van der Waals surface area contributed by atoms with Crippen molar-refractivity contribution in [2.45, 2.75) is 24.2 Å². The molecule has 154 valence electrons. The van der Waals surface area contributed by atoms with Crippen LogP contribution < -0.4 is 5.32 Å². The topological polar surface area (TPSA) is 124 Å². The van der Waals surface area contributed by atoms with E-state index >= 15 is 0 Å². The Hall–Kier alpha value is -2.62. The quantitative estimate of drug-likeness (QED) is 0.616. The number of hydrogen-bond donors (Lipinski definition) is 3. The van der Waals surface area contributed by atoms with Gasteiger partial charge in [0.25, 0.3) is 5.91 Å². The number of carbonyl (C=O) groups is 2. The number of rotatable bonds is 5. The number of aromatic hydroxyl groups is 1. The van der Waals surface area contributed by atoms with Crippen molar-refractivity contribution in [2.75, 3.05) is 18.4 Å². The number of amides is 1. The highest BCUT2D eigenvalue weighted by Gasteiger charge is 2.27. The van der Waals surface area contributed by atoms with E-state index in [2.05, 4.69) is 5.32 Å².